The molecule has 10 heteroatoms. The predicted molar refractivity (Wildman–Crippen MR) is 133 cm³/mol. The molecule has 0 saturated carbocycles. The number of piperazine rings is 1. The van der Waals surface area contributed by atoms with Gasteiger partial charge in [0.1, 0.15) is 11.4 Å². The van der Waals surface area contributed by atoms with Crippen LogP contribution in [0.1, 0.15) is 16.9 Å². The lowest BCUT2D eigenvalue weighted by atomic mass is 10.2. The number of aromatic amines is 1. The van der Waals surface area contributed by atoms with Crippen LogP contribution in [-0.4, -0.2) is 75.2 Å². The van der Waals surface area contributed by atoms with Gasteiger partial charge >= 0.3 is 0 Å². The number of amides is 1. The molecule has 1 aromatic carbocycles. The Morgan fingerprint density at radius 2 is 1.91 bits per heavy atom. The molecular formula is C25H27N7O3. The summed E-state index contributed by atoms with van der Waals surface area (Å²) < 4.78 is 5.64. The molecule has 0 unspecified atom stereocenters. The normalized spacial score (nSPS) is 13.7. The predicted octanol–water partition coefficient (Wildman–Crippen LogP) is 2.57. The molecule has 0 spiro atoms. The maximum Gasteiger partial charge on any atom is 0.270 e. The Morgan fingerprint density at radius 3 is 2.77 bits per heavy atom. The molecule has 0 radical (unpaired) electrons. The Labute approximate surface area is 202 Å². The third-order valence-corrected chi connectivity index (χ3v) is 5.73. The lowest BCUT2D eigenvalue weighted by molar-refractivity contribution is 0.0731. The number of aliphatic hydroxyl groups excluding tert-OH is 1. The first-order valence-corrected chi connectivity index (χ1v) is 11.6. The first-order chi connectivity index (χ1) is 17.2. The van der Waals surface area contributed by atoms with Crippen molar-refractivity contribution >= 4 is 28.4 Å². The summed E-state index contributed by atoms with van der Waals surface area (Å²) in [5.74, 6) is 1.12. The molecule has 1 fully saturated rings. The van der Waals surface area contributed by atoms with E-state index in [4.69, 9.17) is 9.84 Å². The number of hydrogen-bond donors (Lipinski definition) is 4. The highest BCUT2D eigenvalue weighted by molar-refractivity contribution is 5.98. The monoisotopic (exact) mass is 473 g/mol. The van der Waals surface area contributed by atoms with E-state index in [9.17, 15) is 4.79 Å². The Bertz CT molecular complexity index is 1320. The highest BCUT2D eigenvalue weighted by Gasteiger charge is 2.19. The van der Waals surface area contributed by atoms with Crippen molar-refractivity contribution in [3.63, 3.8) is 0 Å². The van der Waals surface area contributed by atoms with E-state index in [1.165, 1.54) is 0 Å². The molecule has 5 rings (SSSR count). The third kappa shape index (κ3) is 5.39. The van der Waals surface area contributed by atoms with E-state index in [0.717, 1.165) is 29.7 Å². The average Bonchev–Trinajstić information content (AvgIpc) is 3.33. The lowest BCUT2D eigenvalue weighted by Gasteiger charge is -2.26. The van der Waals surface area contributed by atoms with Gasteiger partial charge in [0.15, 0.2) is 0 Å². The van der Waals surface area contributed by atoms with Crippen molar-refractivity contribution in [2.75, 3.05) is 44.7 Å². The van der Waals surface area contributed by atoms with Crippen LogP contribution in [0.15, 0.2) is 54.9 Å². The Kier molecular flexibility index (Phi) is 6.82. The second-order valence-electron chi connectivity index (χ2n) is 8.22. The van der Waals surface area contributed by atoms with Gasteiger partial charge in [-0.05, 0) is 36.4 Å². The van der Waals surface area contributed by atoms with Crippen molar-refractivity contribution in [3.05, 3.63) is 60.6 Å². The fraction of sp³-hybridized carbons (Fsp3) is 0.280. The van der Waals surface area contributed by atoms with Crippen LogP contribution in [0.3, 0.4) is 0 Å². The van der Waals surface area contributed by atoms with E-state index < -0.39 is 0 Å². The number of aromatic nitrogens is 4. The minimum absolute atomic E-state index is 0.0170. The van der Waals surface area contributed by atoms with Crippen LogP contribution in [0, 0.1) is 0 Å². The zero-order chi connectivity index (χ0) is 24.0. The van der Waals surface area contributed by atoms with Gasteiger partial charge in [-0.1, -0.05) is 0 Å². The fourth-order valence-corrected chi connectivity index (χ4v) is 3.95. The number of carbonyl (C=O) groups is 1. The second-order valence-corrected chi connectivity index (χ2v) is 8.22. The van der Waals surface area contributed by atoms with Gasteiger partial charge in [-0.15, -0.1) is 0 Å². The van der Waals surface area contributed by atoms with Gasteiger partial charge in [-0.2, -0.15) is 0 Å². The summed E-state index contributed by atoms with van der Waals surface area (Å²) in [6.45, 7) is 3.57. The Balaban J connectivity index is 1.32. The zero-order valence-corrected chi connectivity index (χ0v) is 19.2. The number of pyridine rings is 1. The largest absolute Gasteiger partial charge is 0.493 e. The zero-order valence-electron chi connectivity index (χ0n) is 19.2. The van der Waals surface area contributed by atoms with Gasteiger partial charge in [0, 0.05) is 74.3 Å². The maximum absolute atomic E-state index is 12.8. The summed E-state index contributed by atoms with van der Waals surface area (Å²) in [5, 5.41) is 16.4. The molecule has 0 bridgehead atoms. The summed E-state index contributed by atoms with van der Waals surface area (Å²) in [4.78, 5) is 31.2. The Morgan fingerprint density at radius 1 is 1.06 bits per heavy atom. The molecule has 10 nitrogen and oxygen atoms in total. The molecule has 180 valence electrons. The molecule has 3 aromatic heterocycles. The fourth-order valence-electron chi connectivity index (χ4n) is 3.95. The standard InChI is InChI=1S/C25H27N7O3/c33-12-1-13-35-19-4-6-27-22(16-19)21-5-7-28-25(31-21)29-18-2-3-20-17(14-18)15-23(30-20)24(34)32-10-8-26-9-11-32/h2-7,14-16,26,30,33H,1,8-13H2,(H,28,29,31). The average molecular weight is 474 g/mol. The number of carbonyl (C=O) groups excluding carboxylic acids is 1. The topological polar surface area (TPSA) is 128 Å². The maximum atomic E-state index is 12.8. The van der Waals surface area contributed by atoms with Crippen LogP contribution in [0.5, 0.6) is 5.75 Å². The Hall–Kier alpha value is -4.02. The van der Waals surface area contributed by atoms with Crippen LogP contribution in [0.4, 0.5) is 11.6 Å². The number of hydrogen-bond acceptors (Lipinski definition) is 8. The van der Waals surface area contributed by atoms with E-state index in [1.807, 2.05) is 35.2 Å². The molecule has 35 heavy (non-hydrogen) atoms. The quantitative estimate of drug-likeness (QED) is 0.288. The molecule has 1 amide bonds. The van der Waals surface area contributed by atoms with Crippen molar-refractivity contribution in [3.8, 4) is 17.1 Å². The van der Waals surface area contributed by atoms with Crippen LogP contribution in [-0.2, 0) is 0 Å². The number of rotatable bonds is 8. The summed E-state index contributed by atoms with van der Waals surface area (Å²) in [7, 11) is 0. The summed E-state index contributed by atoms with van der Waals surface area (Å²) in [6.07, 6.45) is 3.90. The summed E-state index contributed by atoms with van der Waals surface area (Å²) in [6, 6.07) is 13.1. The first-order valence-electron chi connectivity index (χ1n) is 11.6. The SMILES string of the molecule is O=C(c1cc2cc(Nc3nccc(-c4cc(OCCCO)ccn4)n3)ccc2[nH]1)N1CCNCC1. The highest BCUT2D eigenvalue weighted by Crippen LogP contribution is 2.24. The van der Waals surface area contributed by atoms with Crippen LogP contribution in [0.2, 0.25) is 0 Å². The number of fused-ring (bicyclic) bond motifs is 1. The lowest BCUT2D eigenvalue weighted by Crippen LogP contribution is -2.46. The van der Waals surface area contributed by atoms with Crippen LogP contribution in [0.25, 0.3) is 22.3 Å². The van der Waals surface area contributed by atoms with E-state index in [2.05, 4.69) is 30.6 Å². The number of benzene rings is 1. The van der Waals surface area contributed by atoms with Crippen molar-refractivity contribution < 1.29 is 14.6 Å². The number of aliphatic hydroxyl groups is 1. The molecule has 1 aliphatic heterocycles. The molecule has 4 heterocycles. The van der Waals surface area contributed by atoms with Crippen molar-refractivity contribution in [1.82, 2.24) is 30.2 Å². The number of anilines is 2. The van der Waals surface area contributed by atoms with Crippen molar-refractivity contribution in [2.45, 2.75) is 6.42 Å². The minimum atomic E-state index is 0.0170. The van der Waals surface area contributed by atoms with Gasteiger partial charge in [0.2, 0.25) is 5.95 Å². The minimum Gasteiger partial charge on any atom is -0.493 e. The first kappa shape index (κ1) is 22.8. The van der Waals surface area contributed by atoms with E-state index in [0.29, 0.717) is 54.9 Å². The van der Waals surface area contributed by atoms with Gasteiger partial charge < -0.3 is 30.4 Å². The van der Waals surface area contributed by atoms with Crippen LogP contribution >= 0.6 is 0 Å². The van der Waals surface area contributed by atoms with Gasteiger partial charge in [-0.25, -0.2) is 9.97 Å². The highest BCUT2D eigenvalue weighted by atomic mass is 16.5. The summed E-state index contributed by atoms with van der Waals surface area (Å²) >= 11 is 0. The van der Waals surface area contributed by atoms with Gasteiger partial charge in [0.05, 0.1) is 18.0 Å². The van der Waals surface area contributed by atoms with Crippen molar-refractivity contribution in [2.24, 2.45) is 0 Å². The molecule has 0 atom stereocenters. The smallest absolute Gasteiger partial charge is 0.270 e. The molecule has 1 aliphatic rings. The second kappa shape index (κ2) is 10.5. The van der Waals surface area contributed by atoms with E-state index in [-0.39, 0.29) is 12.5 Å². The van der Waals surface area contributed by atoms with Crippen molar-refractivity contribution in [1.29, 1.82) is 0 Å². The molecule has 4 N–H and O–H groups in total. The molecule has 4 aromatic rings. The number of nitrogens with one attached hydrogen (secondary N) is 3. The van der Waals surface area contributed by atoms with Crippen LogP contribution < -0.4 is 15.4 Å². The van der Waals surface area contributed by atoms with Gasteiger partial charge in [-0.3, -0.25) is 9.78 Å². The number of H-pyrrole nitrogens is 1. The molecular weight excluding hydrogens is 446 g/mol. The molecule has 0 aliphatic carbocycles. The summed E-state index contributed by atoms with van der Waals surface area (Å²) in [5.41, 5.74) is 3.61. The molecule has 1 saturated heterocycles. The van der Waals surface area contributed by atoms with E-state index >= 15 is 0 Å². The number of nitrogens with zero attached hydrogens (tertiary/aromatic N) is 4. The van der Waals surface area contributed by atoms with E-state index in [1.54, 1.807) is 24.5 Å². The van der Waals surface area contributed by atoms with Gasteiger partial charge in [0.25, 0.3) is 5.91 Å². The number of ether oxygens (including phenoxy) is 1. The third-order valence-electron chi connectivity index (χ3n) is 5.73.